The molecule has 0 aliphatic heterocycles. The second-order valence-corrected chi connectivity index (χ2v) is 15.5. The number of rotatable bonds is 2. The van der Waals surface area contributed by atoms with Gasteiger partial charge in [0.05, 0.1) is 12.2 Å². The average Bonchev–Trinajstić information content (AvgIpc) is 2.40. The Morgan fingerprint density at radius 1 is 0.438 bits per heavy atom. The van der Waals surface area contributed by atoms with Crippen molar-refractivity contribution in [1.82, 2.24) is 0 Å². The van der Waals surface area contributed by atoms with Crippen LogP contribution in [-0.4, -0.2) is 32.2 Å². The van der Waals surface area contributed by atoms with E-state index in [4.69, 9.17) is 9.47 Å². The minimum atomic E-state index is -0.196. The van der Waals surface area contributed by atoms with Crippen molar-refractivity contribution in [2.45, 2.75) is 137 Å². The Labute approximate surface area is 203 Å². The molecule has 0 saturated carbocycles. The number of carbonyl (C=O) groups excluding carboxylic acids is 1. The fourth-order valence-corrected chi connectivity index (χ4v) is 5.14. The Kier molecular flexibility index (Phi) is 13.9. The molecule has 0 aliphatic carbocycles. The van der Waals surface area contributed by atoms with Crippen LogP contribution in [0.2, 0.25) is 0 Å². The van der Waals surface area contributed by atoms with Gasteiger partial charge in [-0.15, -0.1) is 0 Å². The van der Waals surface area contributed by atoms with Crippen LogP contribution in [0.15, 0.2) is 0 Å². The zero-order chi connectivity index (χ0) is 27.1. The predicted molar refractivity (Wildman–Crippen MR) is 143 cm³/mol. The van der Waals surface area contributed by atoms with Gasteiger partial charge in [-0.3, -0.25) is 4.79 Å². The lowest BCUT2D eigenvalue weighted by Gasteiger charge is -2.39. The number of hydrogen-bond donors (Lipinski definition) is 0. The maximum Gasteiger partial charge on any atom is 0.143 e. The first-order chi connectivity index (χ1) is 13.5. The minimum absolute atomic E-state index is 0.196. The zero-order valence-corrected chi connectivity index (χ0v) is 25.9. The van der Waals surface area contributed by atoms with Gasteiger partial charge in [0.15, 0.2) is 0 Å². The second kappa shape index (κ2) is 12.3. The normalized spacial score (nSPS) is 13.9. The highest BCUT2D eigenvalue weighted by molar-refractivity contribution is 5.88. The van der Waals surface area contributed by atoms with E-state index in [-0.39, 0.29) is 32.5 Å². The number of hydrogen-bond acceptors (Lipinski definition) is 3. The van der Waals surface area contributed by atoms with Gasteiger partial charge in [0.1, 0.15) is 5.78 Å². The lowest BCUT2D eigenvalue weighted by Crippen LogP contribution is -2.39. The van der Waals surface area contributed by atoms with Crippen molar-refractivity contribution in [3.63, 3.8) is 0 Å². The van der Waals surface area contributed by atoms with Gasteiger partial charge in [0, 0.05) is 25.0 Å². The molecular weight excluding hydrogens is 396 g/mol. The van der Waals surface area contributed by atoms with Gasteiger partial charge >= 0.3 is 0 Å². The highest BCUT2D eigenvalue weighted by atomic mass is 16.5. The van der Waals surface area contributed by atoms with Crippen molar-refractivity contribution in [2.24, 2.45) is 32.5 Å². The molecule has 0 aromatic rings. The lowest BCUT2D eigenvalue weighted by molar-refractivity contribution is -0.134. The van der Waals surface area contributed by atoms with E-state index in [1.165, 1.54) is 0 Å². The quantitative estimate of drug-likeness (QED) is 0.414. The molecule has 0 radical (unpaired) electrons. The number of Topliss-reactive ketones (excluding diaryl/α,β-unsaturated/α-hetero) is 1. The smallest absolute Gasteiger partial charge is 0.143 e. The first kappa shape index (κ1) is 36.2. The topological polar surface area (TPSA) is 35.5 Å². The van der Waals surface area contributed by atoms with Crippen molar-refractivity contribution in [1.29, 1.82) is 0 Å². The molecule has 0 unspecified atom stereocenters. The molecular formula is C29H62O3. The van der Waals surface area contributed by atoms with Crippen LogP contribution in [0.1, 0.15) is 125 Å². The van der Waals surface area contributed by atoms with Crippen molar-refractivity contribution < 1.29 is 14.3 Å². The summed E-state index contributed by atoms with van der Waals surface area (Å²) in [6, 6.07) is 0. The van der Waals surface area contributed by atoms with Crippen molar-refractivity contribution in [3.05, 3.63) is 0 Å². The molecule has 196 valence electrons. The van der Waals surface area contributed by atoms with Gasteiger partial charge < -0.3 is 9.47 Å². The number of methoxy groups -OCH3 is 2. The molecule has 0 amide bonds. The van der Waals surface area contributed by atoms with Crippen molar-refractivity contribution in [2.75, 3.05) is 14.2 Å². The number of ketones is 1. The number of carbonyl (C=O) groups is 1. The zero-order valence-electron chi connectivity index (χ0n) is 25.9. The molecule has 0 rings (SSSR count). The molecule has 3 heteroatoms. The summed E-state index contributed by atoms with van der Waals surface area (Å²) in [5.41, 5.74) is 0.524. The molecule has 0 fully saturated rings. The van der Waals surface area contributed by atoms with Crippen LogP contribution in [0.4, 0.5) is 0 Å². The molecule has 0 aliphatic rings. The minimum Gasteiger partial charge on any atom is -0.380 e. The van der Waals surface area contributed by atoms with Crippen LogP contribution in [0.3, 0.4) is 0 Å². The lowest BCUT2D eigenvalue weighted by atomic mass is 9.74. The van der Waals surface area contributed by atoms with Crippen molar-refractivity contribution in [3.8, 4) is 0 Å². The van der Waals surface area contributed by atoms with Gasteiger partial charge in [-0.2, -0.15) is 0 Å². The molecule has 0 aromatic heterocycles. The molecule has 0 N–H and O–H groups in total. The maximum atomic E-state index is 11.5. The molecule has 0 saturated heterocycles. The fourth-order valence-electron chi connectivity index (χ4n) is 5.14. The van der Waals surface area contributed by atoms with Crippen molar-refractivity contribution >= 4 is 5.78 Å². The Morgan fingerprint density at radius 2 is 0.594 bits per heavy atom. The summed E-state index contributed by atoms with van der Waals surface area (Å²) < 4.78 is 11.0. The highest BCUT2D eigenvalue weighted by Crippen LogP contribution is 2.36. The molecule has 32 heavy (non-hydrogen) atoms. The Morgan fingerprint density at radius 3 is 0.594 bits per heavy atom. The summed E-state index contributed by atoms with van der Waals surface area (Å²) in [6.07, 6.45) is 0.630. The SMILES string of the molecule is CC(C)(C)C(=O)C(C)(C)C.COC(C(C)(C)C)C(C)(C)C.COC(C(C)(C)C)C(C)(C)C. The molecule has 0 aromatic carbocycles. The third-order valence-electron chi connectivity index (χ3n) is 4.98. The summed E-state index contributed by atoms with van der Waals surface area (Å²) in [5.74, 6) is 0.319. The van der Waals surface area contributed by atoms with E-state index in [1.54, 1.807) is 14.2 Å². The van der Waals surface area contributed by atoms with Crippen LogP contribution >= 0.6 is 0 Å². The van der Waals surface area contributed by atoms with E-state index in [1.807, 2.05) is 41.5 Å². The van der Waals surface area contributed by atoms with Gasteiger partial charge in [-0.05, 0) is 21.7 Å². The van der Waals surface area contributed by atoms with E-state index >= 15 is 0 Å². The van der Waals surface area contributed by atoms with E-state index in [0.717, 1.165) is 0 Å². The summed E-state index contributed by atoms with van der Waals surface area (Å²) in [6.45, 7) is 38.3. The molecule has 0 spiro atoms. The Hall–Kier alpha value is -0.410. The van der Waals surface area contributed by atoms with Gasteiger partial charge in [0.25, 0.3) is 0 Å². The summed E-state index contributed by atoms with van der Waals surface area (Å²) in [5, 5.41) is 0. The third-order valence-corrected chi connectivity index (χ3v) is 4.98. The molecule has 0 heterocycles. The summed E-state index contributed by atoms with van der Waals surface area (Å²) >= 11 is 0. The summed E-state index contributed by atoms with van der Waals surface area (Å²) in [4.78, 5) is 11.5. The second-order valence-electron chi connectivity index (χ2n) is 15.5. The number of ether oxygens (including phenoxy) is 2. The predicted octanol–water partition coefficient (Wildman–Crippen LogP) is 8.83. The third kappa shape index (κ3) is 15.4. The van der Waals surface area contributed by atoms with Crippen LogP contribution in [0, 0.1) is 32.5 Å². The average molecular weight is 459 g/mol. The van der Waals surface area contributed by atoms with Crippen LogP contribution in [0.5, 0.6) is 0 Å². The van der Waals surface area contributed by atoms with Crippen LogP contribution in [-0.2, 0) is 14.3 Å². The molecule has 0 bridgehead atoms. The van der Waals surface area contributed by atoms with Gasteiger partial charge in [-0.25, -0.2) is 0 Å². The Bertz CT molecular complexity index is 442. The molecule has 3 nitrogen and oxygen atoms in total. The first-order valence-electron chi connectivity index (χ1n) is 12.1. The van der Waals surface area contributed by atoms with Gasteiger partial charge in [-0.1, -0.05) is 125 Å². The maximum absolute atomic E-state index is 11.5. The van der Waals surface area contributed by atoms with E-state index < -0.39 is 0 Å². The van der Waals surface area contributed by atoms with Crippen LogP contribution < -0.4 is 0 Å². The first-order valence-corrected chi connectivity index (χ1v) is 12.1. The van der Waals surface area contributed by atoms with Crippen LogP contribution in [0.25, 0.3) is 0 Å². The Balaban J connectivity index is -0.000000395. The fraction of sp³-hybridized carbons (Fsp3) is 0.966. The van der Waals surface area contributed by atoms with E-state index in [9.17, 15) is 4.79 Å². The highest BCUT2D eigenvalue weighted by Gasteiger charge is 2.35. The standard InChI is InChI=1S/2C10H22O.C9H18O/c2*1-9(2,3)8(11-7)10(4,5)6;1-8(2,3)7(10)9(4,5)6/h2*8H,1-7H3;1-6H3. The van der Waals surface area contributed by atoms with E-state index in [2.05, 4.69) is 83.1 Å². The largest absolute Gasteiger partial charge is 0.380 e. The van der Waals surface area contributed by atoms with Gasteiger partial charge in [0.2, 0.25) is 0 Å². The summed E-state index contributed by atoms with van der Waals surface area (Å²) in [7, 11) is 3.59. The van der Waals surface area contributed by atoms with E-state index in [0.29, 0.717) is 18.0 Å². The monoisotopic (exact) mass is 458 g/mol. The molecule has 0 atom stereocenters.